The Kier molecular flexibility index (Phi) is 10.2. The summed E-state index contributed by atoms with van der Waals surface area (Å²) in [5, 5.41) is 1.79. The fourth-order valence-corrected chi connectivity index (χ4v) is 8.41. The lowest BCUT2D eigenvalue weighted by molar-refractivity contribution is 0.470. The summed E-state index contributed by atoms with van der Waals surface area (Å²) in [6.45, 7) is 18.1. The summed E-state index contributed by atoms with van der Waals surface area (Å²) in [6.07, 6.45) is 16.5. The van der Waals surface area contributed by atoms with Crippen molar-refractivity contribution in [1.29, 1.82) is 0 Å². The lowest BCUT2D eigenvalue weighted by Gasteiger charge is -2.33. The number of nitrogens with zero attached hydrogens (tertiary/aromatic N) is 3. The van der Waals surface area contributed by atoms with Gasteiger partial charge in [0.05, 0.1) is 17.4 Å². The first-order valence-corrected chi connectivity index (χ1v) is 18.6. The number of hydrazine groups is 1. The molecule has 2 heterocycles. The van der Waals surface area contributed by atoms with E-state index in [1.165, 1.54) is 44.9 Å². The highest BCUT2D eigenvalue weighted by molar-refractivity contribution is 5.71. The second-order valence-electron chi connectivity index (χ2n) is 15.4. The fraction of sp³-hybridized carbons (Fsp3) is 0.378. The molecule has 0 saturated carbocycles. The third-order valence-electron chi connectivity index (χ3n) is 11.0. The van der Waals surface area contributed by atoms with Crippen LogP contribution >= 0.6 is 0 Å². The predicted octanol–water partition coefficient (Wildman–Crippen LogP) is 10.0. The molecule has 1 unspecified atom stereocenters. The van der Waals surface area contributed by atoms with Crippen LogP contribution in [0, 0.1) is 6.92 Å². The highest BCUT2D eigenvalue weighted by atomic mass is 15.4. The standard InChI is InChI=1S/C45H57N5/c1-8-29-48-39-19-12-10-17-36(39)44(4,5)41(48)27-25-34-15-14-16-35(43(34)50(47)31-38(46)33-23-21-32(3)22-24-33)26-28-42-45(6,7)37-18-11-13-20-40(37)49(42)30-9-2/h10-13,17-28,31,41H,8-9,14-16,29-30,46-47H2,1-7H3/b27-25+,35-26+,38-31-,42-28+. The molecule has 0 aromatic heterocycles. The van der Waals surface area contributed by atoms with Crippen LogP contribution in [0.4, 0.5) is 11.4 Å². The molecule has 3 aromatic rings. The van der Waals surface area contributed by atoms with Crippen molar-refractivity contribution >= 4 is 17.1 Å². The molecule has 3 aliphatic rings. The summed E-state index contributed by atoms with van der Waals surface area (Å²) in [4.78, 5) is 5.10. The molecule has 262 valence electrons. The minimum atomic E-state index is -0.103. The highest BCUT2D eigenvalue weighted by Gasteiger charge is 2.43. The summed E-state index contributed by atoms with van der Waals surface area (Å²) in [6, 6.07) is 26.3. The Labute approximate surface area is 301 Å². The third kappa shape index (κ3) is 6.56. The van der Waals surface area contributed by atoms with E-state index in [2.05, 4.69) is 155 Å². The van der Waals surface area contributed by atoms with E-state index in [1.54, 1.807) is 5.01 Å². The van der Waals surface area contributed by atoms with Gasteiger partial charge in [0.1, 0.15) is 0 Å². The predicted molar refractivity (Wildman–Crippen MR) is 214 cm³/mol. The number of rotatable bonds is 10. The lowest BCUT2D eigenvalue weighted by Crippen LogP contribution is -2.40. The van der Waals surface area contributed by atoms with Crippen LogP contribution < -0.4 is 21.4 Å². The number of benzene rings is 3. The molecule has 0 fully saturated rings. The molecule has 4 N–H and O–H groups in total. The number of allylic oxidation sites excluding steroid dienone is 6. The van der Waals surface area contributed by atoms with Gasteiger partial charge in [0.25, 0.3) is 0 Å². The molecular weight excluding hydrogens is 611 g/mol. The van der Waals surface area contributed by atoms with E-state index in [1.807, 2.05) is 6.20 Å². The molecule has 0 spiro atoms. The van der Waals surface area contributed by atoms with E-state index in [4.69, 9.17) is 11.6 Å². The Bertz CT molecular complexity index is 1850. The molecule has 1 atom stereocenters. The van der Waals surface area contributed by atoms with Crippen LogP contribution in [0.3, 0.4) is 0 Å². The first-order chi connectivity index (χ1) is 24.0. The number of para-hydroxylation sites is 2. The second-order valence-corrected chi connectivity index (χ2v) is 15.4. The Balaban J connectivity index is 1.45. The van der Waals surface area contributed by atoms with E-state index in [0.29, 0.717) is 5.70 Å². The number of aryl methyl sites for hydroxylation is 1. The van der Waals surface area contributed by atoms with E-state index in [0.717, 1.165) is 56.5 Å². The SMILES string of the molecule is CCCN1/C(=C/C=C2\CCCC(/C=C/C3N(CCC)c4ccccc4C3(C)C)=C2N(N)/C=C(\N)c2ccc(C)cc2)C(C)(C)c2ccccc21. The van der Waals surface area contributed by atoms with Crippen molar-refractivity contribution in [1.82, 2.24) is 5.01 Å². The third-order valence-corrected chi connectivity index (χ3v) is 11.0. The van der Waals surface area contributed by atoms with Gasteiger partial charge in [-0.05, 0) is 85.1 Å². The Morgan fingerprint density at radius 1 is 0.840 bits per heavy atom. The van der Waals surface area contributed by atoms with Gasteiger partial charge < -0.3 is 15.5 Å². The van der Waals surface area contributed by atoms with Crippen LogP contribution in [0.5, 0.6) is 0 Å². The Morgan fingerprint density at radius 2 is 1.50 bits per heavy atom. The Morgan fingerprint density at radius 3 is 2.20 bits per heavy atom. The average molecular weight is 668 g/mol. The average Bonchev–Trinajstić information content (AvgIpc) is 3.45. The molecule has 0 saturated heterocycles. The first-order valence-electron chi connectivity index (χ1n) is 18.6. The molecule has 3 aromatic carbocycles. The fourth-order valence-electron chi connectivity index (χ4n) is 8.41. The molecule has 6 rings (SSSR count). The van der Waals surface area contributed by atoms with Crippen molar-refractivity contribution in [2.45, 2.75) is 97.4 Å². The van der Waals surface area contributed by atoms with Gasteiger partial charge in [0.15, 0.2) is 0 Å². The second kappa shape index (κ2) is 14.4. The minimum absolute atomic E-state index is 0.0231. The number of fused-ring (bicyclic) bond motifs is 2. The number of nitrogens with two attached hydrogens (primary N) is 2. The molecule has 1 aliphatic carbocycles. The van der Waals surface area contributed by atoms with Crippen molar-refractivity contribution in [3.63, 3.8) is 0 Å². The van der Waals surface area contributed by atoms with E-state index in [-0.39, 0.29) is 16.9 Å². The maximum atomic E-state index is 7.06. The zero-order valence-corrected chi connectivity index (χ0v) is 31.3. The van der Waals surface area contributed by atoms with Gasteiger partial charge in [-0.25, -0.2) is 5.84 Å². The summed E-state index contributed by atoms with van der Waals surface area (Å²) < 4.78 is 0. The summed E-state index contributed by atoms with van der Waals surface area (Å²) in [7, 11) is 0. The number of anilines is 2. The van der Waals surface area contributed by atoms with Crippen LogP contribution in [0.2, 0.25) is 0 Å². The maximum absolute atomic E-state index is 7.06. The van der Waals surface area contributed by atoms with Crippen molar-refractivity contribution in [2.75, 3.05) is 22.9 Å². The van der Waals surface area contributed by atoms with Gasteiger partial charge in [0, 0.05) is 47.2 Å². The molecule has 5 heteroatoms. The molecule has 0 radical (unpaired) electrons. The number of hydrogen-bond donors (Lipinski definition) is 2. The summed E-state index contributed by atoms with van der Waals surface area (Å²) in [5.74, 6) is 7.06. The van der Waals surface area contributed by atoms with Gasteiger partial charge in [-0.3, -0.25) is 5.01 Å². The van der Waals surface area contributed by atoms with E-state index < -0.39 is 0 Å². The van der Waals surface area contributed by atoms with Crippen LogP contribution in [0.25, 0.3) is 5.70 Å². The van der Waals surface area contributed by atoms with Gasteiger partial charge >= 0.3 is 0 Å². The molecule has 50 heavy (non-hydrogen) atoms. The van der Waals surface area contributed by atoms with Crippen molar-refractivity contribution in [2.24, 2.45) is 11.6 Å². The zero-order valence-electron chi connectivity index (χ0n) is 31.3. The first kappa shape index (κ1) is 35.3. The van der Waals surface area contributed by atoms with E-state index in [9.17, 15) is 0 Å². The van der Waals surface area contributed by atoms with Gasteiger partial charge in [0.2, 0.25) is 0 Å². The number of hydrogen-bond acceptors (Lipinski definition) is 5. The van der Waals surface area contributed by atoms with Gasteiger partial charge in [-0.2, -0.15) is 0 Å². The Hall–Kier alpha value is -4.48. The van der Waals surface area contributed by atoms with Gasteiger partial charge in [-0.15, -0.1) is 0 Å². The van der Waals surface area contributed by atoms with Crippen molar-refractivity contribution in [3.05, 3.63) is 148 Å². The van der Waals surface area contributed by atoms with Crippen molar-refractivity contribution < 1.29 is 0 Å². The van der Waals surface area contributed by atoms with Crippen LogP contribution in [-0.2, 0) is 10.8 Å². The van der Waals surface area contributed by atoms with Crippen LogP contribution in [0.15, 0.2) is 126 Å². The largest absolute Gasteiger partial charge is 0.397 e. The topological polar surface area (TPSA) is 61.8 Å². The van der Waals surface area contributed by atoms with Crippen LogP contribution in [-0.4, -0.2) is 24.1 Å². The lowest BCUT2D eigenvalue weighted by atomic mass is 9.80. The monoisotopic (exact) mass is 667 g/mol. The normalized spacial score (nSPS) is 21.4. The van der Waals surface area contributed by atoms with Gasteiger partial charge in [-0.1, -0.05) is 126 Å². The molecule has 2 aliphatic heterocycles. The quantitative estimate of drug-likeness (QED) is 0.166. The summed E-state index contributed by atoms with van der Waals surface area (Å²) >= 11 is 0. The van der Waals surface area contributed by atoms with Crippen LogP contribution in [0.1, 0.15) is 95.9 Å². The van der Waals surface area contributed by atoms with Crippen molar-refractivity contribution in [3.8, 4) is 0 Å². The molecule has 0 bridgehead atoms. The maximum Gasteiger partial charge on any atom is 0.0632 e. The highest BCUT2D eigenvalue weighted by Crippen LogP contribution is 2.48. The molecular formula is C45H57N5. The van der Waals surface area contributed by atoms with E-state index >= 15 is 0 Å². The smallest absolute Gasteiger partial charge is 0.0632 e. The zero-order chi connectivity index (χ0) is 35.6. The molecule has 5 nitrogen and oxygen atoms in total. The summed E-state index contributed by atoms with van der Waals surface area (Å²) in [5.41, 5.74) is 19.7. The minimum Gasteiger partial charge on any atom is -0.397 e. The molecule has 0 amide bonds.